The third-order valence-corrected chi connectivity index (χ3v) is 2.71. The van der Waals surface area contributed by atoms with Crippen molar-refractivity contribution in [3.63, 3.8) is 0 Å². The van der Waals surface area contributed by atoms with Gasteiger partial charge in [-0.3, -0.25) is 9.59 Å². The lowest BCUT2D eigenvalue weighted by atomic mass is 10.2. The lowest BCUT2D eigenvalue weighted by molar-refractivity contribution is -0.149. The second kappa shape index (κ2) is 6.07. The van der Waals surface area contributed by atoms with Crippen LogP contribution in [0.2, 0.25) is 0 Å². The van der Waals surface area contributed by atoms with Crippen molar-refractivity contribution in [2.75, 3.05) is 32.1 Å². The monoisotopic (exact) mass is 279 g/mol. The van der Waals surface area contributed by atoms with Crippen molar-refractivity contribution >= 4 is 27.8 Å². The van der Waals surface area contributed by atoms with E-state index in [0.29, 0.717) is 25.0 Å². The first-order valence-corrected chi connectivity index (χ1v) is 5.81. The smallest absolute Gasteiger partial charge is 0.308 e. The molecule has 0 saturated carbocycles. The zero-order valence-electron chi connectivity index (χ0n) is 8.57. The number of carbonyl (C=O) groups excluding carboxylic acids is 2. The highest BCUT2D eigenvalue weighted by atomic mass is 79.9. The van der Waals surface area contributed by atoms with Gasteiger partial charge in [0.2, 0.25) is 5.91 Å². The molecule has 1 fully saturated rings. The molecule has 6 heteroatoms. The Balaban J connectivity index is 2.42. The maximum Gasteiger partial charge on any atom is 0.308 e. The molecule has 0 aliphatic carbocycles. The molecule has 1 atom stereocenters. The van der Waals surface area contributed by atoms with E-state index in [9.17, 15) is 9.59 Å². The third kappa shape index (κ3) is 3.79. The summed E-state index contributed by atoms with van der Waals surface area (Å²) < 4.78 is 9.91. The molecule has 0 aromatic heterocycles. The average molecular weight is 280 g/mol. The molecule has 0 N–H and O–H groups in total. The van der Waals surface area contributed by atoms with Crippen LogP contribution in [0.25, 0.3) is 0 Å². The summed E-state index contributed by atoms with van der Waals surface area (Å²) in [7, 11) is 1.34. The highest BCUT2D eigenvalue weighted by Gasteiger charge is 2.25. The SMILES string of the molecule is COC(=O)CC1CN(C(=O)CBr)CCO1. The van der Waals surface area contributed by atoms with Gasteiger partial charge < -0.3 is 14.4 Å². The van der Waals surface area contributed by atoms with Gasteiger partial charge in [-0.1, -0.05) is 15.9 Å². The summed E-state index contributed by atoms with van der Waals surface area (Å²) in [5.41, 5.74) is 0. The largest absolute Gasteiger partial charge is 0.469 e. The van der Waals surface area contributed by atoms with E-state index in [4.69, 9.17) is 4.74 Å². The summed E-state index contributed by atoms with van der Waals surface area (Å²) in [4.78, 5) is 24.1. The standard InChI is InChI=1S/C9H14BrNO4/c1-14-9(13)4-7-6-11(2-3-15-7)8(12)5-10/h7H,2-6H2,1H3. The number of halogens is 1. The minimum Gasteiger partial charge on any atom is -0.469 e. The predicted molar refractivity (Wildman–Crippen MR) is 56.7 cm³/mol. The Hall–Kier alpha value is -0.620. The fraction of sp³-hybridized carbons (Fsp3) is 0.778. The number of hydrogen-bond acceptors (Lipinski definition) is 4. The van der Waals surface area contributed by atoms with Crippen LogP contribution in [0.5, 0.6) is 0 Å². The molecule has 1 amide bonds. The molecule has 1 rings (SSSR count). The number of ether oxygens (including phenoxy) is 2. The number of esters is 1. The summed E-state index contributed by atoms with van der Waals surface area (Å²) in [6.45, 7) is 1.52. The lowest BCUT2D eigenvalue weighted by Crippen LogP contribution is -2.46. The van der Waals surface area contributed by atoms with Crippen LogP contribution in [0.1, 0.15) is 6.42 Å². The fourth-order valence-corrected chi connectivity index (χ4v) is 1.78. The van der Waals surface area contributed by atoms with Crippen LogP contribution in [-0.2, 0) is 19.1 Å². The zero-order valence-corrected chi connectivity index (χ0v) is 10.2. The minimum absolute atomic E-state index is 0.0214. The molecule has 86 valence electrons. The van der Waals surface area contributed by atoms with E-state index >= 15 is 0 Å². The van der Waals surface area contributed by atoms with Gasteiger partial charge in [0.15, 0.2) is 0 Å². The third-order valence-electron chi connectivity index (χ3n) is 2.23. The molecular formula is C9H14BrNO4. The summed E-state index contributed by atoms with van der Waals surface area (Å²) in [5.74, 6) is -0.290. The first-order chi connectivity index (χ1) is 7.17. The number of morpholine rings is 1. The number of carbonyl (C=O) groups is 2. The number of methoxy groups -OCH3 is 1. The zero-order chi connectivity index (χ0) is 11.3. The van der Waals surface area contributed by atoms with Crippen LogP contribution in [0, 0.1) is 0 Å². The molecule has 1 aliphatic rings. The molecule has 1 aliphatic heterocycles. The van der Waals surface area contributed by atoms with Gasteiger partial charge in [0, 0.05) is 13.1 Å². The second-order valence-electron chi connectivity index (χ2n) is 3.25. The predicted octanol–water partition coefficient (Wildman–Crippen LogP) is 0.172. The van der Waals surface area contributed by atoms with Crippen molar-refractivity contribution in [1.82, 2.24) is 4.90 Å². The van der Waals surface area contributed by atoms with Gasteiger partial charge in [-0.2, -0.15) is 0 Å². The normalized spacial score (nSPS) is 21.2. The number of hydrogen-bond donors (Lipinski definition) is 0. The van der Waals surface area contributed by atoms with E-state index in [-0.39, 0.29) is 24.4 Å². The number of rotatable bonds is 3. The number of nitrogens with zero attached hydrogens (tertiary/aromatic N) is 1. The molecule has 0 radical (unpaired) electrons. The minimum atomic E-state index is -0.312. The number of amides is 1. The van der Waals surface area contributed by atoms with Gasteiger partial charge in [-0.15, -0.1) is 0 Å². The molecular weight excluding hydrogens is 266 g/mol. The highest BCUT2D eigenvalue weighted by Crippen LogP contribution is 2.10. The van der Waals surface area contributed by atoms with Gasteiger partial charge in [0.1, 0.15) is 0 Å². The van der Waals surface area contributed by atoms with Crippen molar-refractivity contribution in [1.29, 1.82) is 0 Å². The van der Waals surface area contributed by atoms with Gasteiger partial charge in [0.05, 0.1) is 31.6 Å². The van der Waals surface area contributed by atoms with Crippen LogP contribution in [0.4, 0.5) is 0 Å². The first kappa shape index (κ1) is 12.4. The Labute approximate surface area is 96.8 Å². The average Bonchev–Trinajstić information content (AvgIpc) is 2.28. The molecule has 0 aromatic rings. The molecule has 0 spiro atoms. The Kier molecular flexibility index (Phi) is 5.04. The van der Waals surface area contributed by atoms with Crippen LogP contribution in [0.3, 0.4) is 0 Å². The van der Waals surface area contributed by atoms with E-state index < -0.39 is 0 Å². The molecule has 5 nitrogen and oxygen atoms in total. The topological polar surface area (TPSA) is 55.8 Å². The van der Waals surface area contributed by atoms with Crippen LogP contribution >= 0.6 is 15.9 Å². The van der Waals surface area contributed by atoms with E-state index in [1.807, 2.05) is 0 Å². The fourth-order valence-electron chi connectivity index (χ4n) is 1.42. The van der Waals surface area contributed by atoms with Crippen molar-refractivity contribution in [2.24, 2.45) is 0 Å². The molecule has 1 unspecified atom stereocenters. The summed E-state index contributed by atoms with van der Waals surface area (Å²) in [6.07, 6.45) is -0.0445. The van der Waals surface area contributed by atoms with Crippen LogP contribution in [-0.4, -0.2) is 55.0 Å². The van der Waals surface area contributed by atoms with E-state index in [2.05, 4.69) is 20.7 Å². The molecule has 1 saturated heterocycles. The van der Waals surface area contributed by atoms with Crippen molar-refractivity contribution in [3.05, 3.63) is 0 Å². The Bertz CT molecular complexity index is 246. The van der Waals surface area contributed by atoms with E-state index in [1.54, 1.807) is 4.90 Å². The first-order valence-electron chi connectivity index (χ1n) is 4.69. The molecule has 0 bridgehead atoms. The lowest BCUT2D eigenvalue weighted by Gasteiger charge is -2.32. The van der Waals surface area contributed by atoms with Gasteiger partial charge in [0.25, 0.3) is 0 Å². The number of alkyl halides is 1. The maximum atomic E-state index is 11.4. The molecule has 0 aromatic carbocycles. The van der Waals surface area contributed by atoms with Crippen molar-refractivity contribution < 1.29 is 19.1 Å². The molecule has 15 heavy (non-hydrogen) atoms. The van der Waals surface area contributed by atoms with Gasteiger partial charge in [-0.05, 0) is 0 Å². The van der Waals surface area contributed by atoms with Crippen LogP contribution < -0.4 is 0 Å². The van der Waals surface area contributed by atoms with Crippen LogP contribution in [0.15, 0.2) is 0 Å². The van der Waals surface area contributed by atoms with Gasteiger partial charge in [-0.25, -0.2) is 0 Å². The van der Waals surface area contributed by atoms with E-state index in [1.165, 1.54) is 7.11 Å². The Morgan fingerprint density at radius 1 is 1.60 bits per heavy atom. The van der Waals surface area contributed by atoms with Crippen molar-refractivity contribution in [2.45, 2.75) is 12.5 Å². The summed E-state index contributed by atoms with van der Waals surface area (Å²) >= 11 is 3.11. The quantitative estimate of drug-likeness (QED) is 0.546. The molecule has 1 heterocycles. The summed E-state index contributed by atoms with van der Waals surface area (Å²) in [5, 5.41) is 0.304. The Morgan fingerprint density at radius 3 is 2.93 bits per heavy atom. The summed E-state index contributed by atoms with van der Waals surface area (Å²) in [6, 6.07) is 0. The highest BCUT2D eigenvalue weighted by molar-refractivity contribution is 9.09. The maximum absolute atomic E-state index is 11.4. The Morgan fingerprint density at radius 2 is 2.33 bits per heavy atom. The second-order valence-corrected chi connectivity index (χ2v) is 3.81. The van der Waals surface area contributed by atoms with Gasteiger partial charge >= 0.3 is 5.97 Å². The van der Waals surface area contributed by atoms with Crippen molar-refractivity contribution in [3.8, 4) is 0 Å². The van der Waals surface area contributed by atoms with E-state index in [0.717, 1.165) is 0 Å².